The summed E-state index contributed by atoms with van der Waals surface area (Å²) in [5.41, 5.74) is 0.750. The lowest BCUT2D eigenvalue weighted by Crippen LogP contribution is -2.39. The molecule has 0 spiro atoms. The predicted molar refractivity (Wildman–Crippen MR) is 97.3 cm³/mol. The molecule has 2 amide bonds. The van der Waals surface area contributed by atoms with Gasteiger partial charge in [-0.3, -0.25) is 14.5 Å². The van der Waals surface area contributed by atoms with Gasteiger partial charge in [0.25, 0.3) is 11.8 Å². The van der Waals surface area contributed by atoms with Crippen LogP contribution in [0.1, 0.15) is 20.7 Å². The van der Waals surface area contributed by atoms with E-state index in [4.69, 9.17) is 4.74 Å². The number of carbonyl (C=O) groups is 2. The molecule has 5 nitrogen and oxygen atoms in total. The number of rotatable bonds is 5. The Morgan fingerprint density at radius 1 is 0.846 bits per heavy atom. The van der Waals surface area contributed by atoms with Crippen LogP contribution in [-0.4, -0.2) is 41.1 Å². The van der Waals surface area contributed by atoms with Crippen LogP contribution in [0.2, 0.25) is 0 Å². The van der Waals surface area contributed by atoms with Gasteiger partial charge < -0.3 is 9.84 Å². The molecule has 1 unspecified atom stereocenters. The van der Waals surface area contributed by atoms with Crippen LogP contribution in [0.3, 0.4) is 0 Å². The third-order valence-electron chi connectivity index (χ3n) is 4.43. The number of aliphatic hydroxyl groups excluding tert-OH is 1. The molecule has 0 saturated heterocycles. The highest BCUT2D eigenvalue weighted by atomic mass is 16.5. The van der Waals surface area contributed by atoms with Crippen molar-refractivity contribution in [1.29, 1.82) is 0 Å². The minimum Gasteiger partial charge on any atom is -0.491 e. The van der Waals surface area contributed by atoms with Gasteiger partial charge in [0.1, 0.15) is 18.5 Å². The molecule has 26 heavy (non-hydrogen) atoms. The van der Waals surface area contributed by atoms with E-state index < -0.39 is 6.10 Å². The molecule has 0 fully saturated rings. The SMILES string of the molecule is O=C1c2ccccc2C(=O)N1CC(O)COc1ccc2ccccc2c1. The highest BCUT2D eigenvalue weighted by Gasteiger charge is 2.36. The predicted octanol–water partition coefficient (Wildman–Crippen LogP) is 2.88. The number of hydrogen-bond donors (Lipinski definition) is 1. The van der Waals surface area contributed by atoms with Crippen molar-refractivity contribution in [2.45, 2.75) is 6.10 Å². The second-order valence-electron chi connectivity index (χ2n) is 6.24. The van der Waals surface area contributed by atoms with E-state index in [1.807, 2.05) is 42.5 Å². The van der Waals surface area contributed by atoms with Crippen LogP contribution in [-0.2, 0) is 0 Å². The highest BCUT2D eigenvalue weighted by molar-refractivity contribution is 6.21. The number of benzene rings is 3. The molecule has 1 heterocycles. The van der Waals surface area contributed by atoms with Crippen LogP contribution in [0.5, 0.6) is 5.75 Å². The summed E-state index contributed by atoms with van der Waals surface area (Å²) >= 11 is 0. The zero-order valence-electron chi connectivity index (χ0n) is 14.0. The number of carbonyl (C=O) groups excluding carboxylic acids is 2. The van der Waals surface area contributed by atoms with Gasteiger partial charge in [-0.1, -0.05) is 42.5 Å². The third kappa shape index (κ3) is 2.93. The summed E-state index contributed by atoms with van der Waals surface area (Å²) in [6.45, 7) is -0.105. The van der Waals surface area contributed by atoms with Gasteiger partial charge in [0, 0.05) is 0 Å². The Hall–Kier alpha value is -3.18. The first-order chi connectivity index (χ1) is 12.6. The maximum Gasteiger partial charge on any atom is 0.261 e. The average Bonchev–Trinajstić information content (AvgIpc) is 2.91. The van der Waals surface area contributed by atoms with E-state index in [1.54, 1.807) is 24.3 Å². The van der Waals surface area contributed by atoms with Crippen molar-refractivity contribution in [1.82, 2.24) is 4.90 Å². The molecule has 0 bridgehead atoms. The Bertz CT molecular complexity index is 963. The molecule has 0 aromatic heterocycles. The van der Waals surface area contributed by atoms with Crippen molar-refractivity contribution in [3.8, 4) is 5.75 Å². The number of amides is 2. The molecule has 3 aromatic rings. The summed E-state index contributed by atoms with van der Waals surface area (Å²) in [6, 6.07) is 20.2. The highest BCUT2D eigenvalue weighted by Crippen LogP contribution is 2.23. The molecular weight excluding hydrogens is 330 g/mol. The molecule has 0 aliphatic carbocycles. The molecule has 1 aliphatic rings. The van der Waals surface area contributed by atoms with Gasteiger partial charge in [-0.05, 0) is 35.0 Å². The van der Waals surface area contributed by atoms with Gasteiger partial charge >= 0.3 is 0 Å². The summed E-state index contributed by atoms with van der Waals surface area (Å²) < 4.78 is 5.63. The molecule has 1 N–H and O–H groups in total. The second-order valence-corrected chi connectivity index (χ2v) is 6.24. The standard InChI is InChI=1S/C21H17NO4/c23-16(12-22-20(24)18-7-3-4-8-19(18)21(22)25)13-26-17-10-9-14-5-1-2-6-15(14)11-17/h1-11,16,23H,12-13H2. The zero-order valence-corrected chi connectivity index (χ0v) is 14.0. The lowest BCUT2D eigenvalue weighted by molar-refractivity contribution is 0.0457. The Morgan fingerprint density at radius 3 is 2.15 bits per heavy atom. The molecular formula is C21H17NO4. The fourth-order valence-corrected chi connectivity index (χ4v) is 3.12. The second kappa shape index (κ2) is 6.61. The third-order valence-corrected chi connectivity index (χ3v) is 4.43. The summed E-state index contributed by atoms with van der Waals surface area (Å²) in [7, 11) is 0. The maximum atomic E-state index is 12.3. The summed E-state index contributed by atoms with van der Waals surface area (Å²) in [6.07, 6.45) is -0.969. The van der Waals surface area contributed by atoms with E-state index >= 15 is 0 Å². The van der Waals surface area contributed by atoms with Crippen LogP contribution < -0.4 is 4.74 Å². The lowest BCUT2D eigenvalue weighted by atomic mass is 10.1. The first-order valence-corrected chi connectivity index (χ1v) is 8.38. The zero-order chi connectivity index (χ0) is 18.1. The number of ether oxygens (including phenoxy) is 1. The molecule has 4 rings (SSSR count). The molecule has 1 aliphatic heterocycles. The molecule has 0 saturated carbocycles. The van der Waals surface area contributed by atoms with E-state index in [0.717, 1.165) is 15.7 Å². The molecule has 1 atom stereocenters. The summed E-state index contributed by atoms with van der Waals surface area (Å²) in [4.78, 5) is 25.7. The normalized spacial score (nSPS) is 14.6. The average molecular weight is 347 g/mol. The van der Waals surface area contributed by atoms with Crippen LogP contribution in [0.4, 0.5) is 0 Å². The molecule has 0 radical (unpaired) electrons. The van der Waals surface area contributed by atoms with Gasteiger partial charge in [0.15, 0.2) is 0 Å². The van der Waals surface area contributed by atoms with E-state index in [2.05, 4.69) is 0 Å². The monoisotopic (exact) mass is 347 g/mol. The number of β-amino-alcohol motifs (C(OH)–C–C–N with tert-alkyl or cyclic N) is 1. The van der Waals surface area contributed by atoms with Crippen molar-refractivity contribution in [3.05, 3.63) is 77.9 Å². The van der Waals surface area contributed by atoms with Crippen molar-refractivity contribution in [2.24, 2.45) is 0 Å². The maximum absolute atomic E-state index is 12.3. The number of nitrogens with zero attached hydrogens (tertiary/aromatic N) is 1. The first-order valence-electron chi connectivity index (χ1n) is 8.38. The molecule has 5 heteroatoms. The topological polar surface area (TPSA) is 66.8 Å². The Balaban J connectivity index is 1.40. The lowest BCUT2D eigenvalue weighted by Gasteiger charge is -2.19. The molecule has 3 aromatic carbocycles. The van der Waals surface area contributed by atoms with Crippen molar-refractivity contribution in [2.75, 3.05) is 13.2 Å². The quantitative estimate of drug-likeness (QED) is 0.721. The van der Waals surface area contributed by atoms with E-state index in [-0.39, 0.29) is 25.0 Å². The van der Waals surface area contributed by atoms with Crippen LogP contribution in [0, 0.1) is 0 Å². The van der Waals surface area contributed by atoms with Gasteiger partial charge in [-0.2, -0.15) is 0 Å². The smallest absolute Gasteiger partial charge is 0.261 e. The fraction of sp³-hybridized carbons (Fsp3) is 0.143. The Morgan fingerprint density at radius 2 is 1.46 bits per heavy atom. The first kappa shape index (κ1) is 16.3. The van der Waals surface area contributed by atoms with E-state index in [1.165, 1.54) is 0 Å². The number of aliphatic hydroxyl groups is 1. The van der Waals surface area contributed by atoms with Crippen LogP contribution in [0.25, 0.3) is 10.8 Å². The number of hydrogen-bond acceptors (Lipinski definition) is 4. The van der Waals surface area contributed by atoms with Crippen molar-refractivity contribution < 1.29 is 19.4 Å². The van der Waals surface area contributed by atoms with E-state index in [0.29, 0.717) is 16.9 Å². The van der Waals surface area contributed by atoms with E-state index in [9.17, 15) is 14.7 Å². The van der Waals surface area contributed by atoms with Gasteiger partial charge in [0.2, 0.25) is 0 Å². The molecule has 130 valence electrons. The van der Waals surface area contributed by atoms with Gasteiger partial charge in [-0.15, -0.1) is 0 Å². The Kier molecular flexibility index (Phi) is 4.14. The minimum absolute atomic E-state index is 0.00819. The minimum atomic E-state index is -0.969. The number of fused-ring (bicyclic) bond motifs is 2. The van der Waals surface area contributed by atoms with Crippen molar-refractivity contribution >= 4 is 22.6 Å². The summed E-state index contributed by atoms with van der Waals surface area (Å²) in [5.74, 6) is -0.129. The summed E-state index contributed by atoms with van der Waals surface area (Å²) in [5, 5.41) is 12.4. The number of imide groups is 1. The largest absolute Gasteiger partial charge is 0.491 e. The fourth-order valence-electron chi connectivity index (χ4n) is 3.12. The van der Waals surface area contributed by atoms with Gasteiger partial charge in [-0.25, -0.2) is 0 Å². The van der Waals surface area contributed by atoms with Crippen LogP contribution in [0.15, 0.2) is 66.7 Å². The van der Waals surface area contributed by atoms with Crippen molar-refractivity contribution in [3.63, 3.8) is 0 Å². The van der Waals surface area contributed by atoms with Crippen LogP contribution >= 0.6 is 0 Å². The van der Waals surface area contributed by atoms with Gasteiger partial charge in [0.05, 0.1) is 17.7 Å². The Labute approximate surface area is 150 Å².